The van der Waals surface area contributed by atoms with Gasteiger partial charge >= 0.3 is 0 Å². The van der Waals surface area contributed by atoms with Crippen molar-refractivity contribution in [3.63, 3.8) is 0 Å². The molecular formula is C22H32IN5O2Si. The van der Waals surface area contributed by atoms with Gasteiger partial charge in [0.15, 0.2) is 25.3 Å². The largest absolute Gasteiger partial charge is 0.414 e. The second kappa shape index (κ2) is 8.24. The highest BCUT2D eigenvalue weighted by atomic mass is 127. The smallest absolute Gasteiger partial charge is 0.192 e. The molecule has 0 radical (unpaired) electrons. The van der Waals surface area contributed by atoms with Crippen molar-refractivity contribution in [2.75, 3.05) is 6.61 Å². The van der Waals surface area contributed by atoms with E-state index in [4.69, 9.17) is 9.16 Å². The van der Waals surface area contributed by atoms with Crippen molar-refractivity contribution in [3.8, 4) is 5.82 Å². The number of aromatic nitrogens is 5. The summed E-state index contributed by atoms with van der Waals surface area (Å²) in [6, 6.07) is 4.18. The second-order valence-corrected chi connectivity index (χ2v) is 16.3. The first kappa shape index (κ1) is 22.9. The third-order valence-corrected chi connectivity index (χ3v) is 12.5. The van der Waals surface area contributed by atoms with Gasteiger partial charge < -0.3 is 13.7 Å². The van der Waals surface area contributed by atoms with Gasteiger partial charge in [-0.2, -0.15) is 0 Å². The molecule has 0 bridgehead atoms. The molecule has 0 saturated carbocycles. The van der Waals surface area contributed by atoms with Crippen molar-refractivity contribution in [2.45, 2.75) is 75.4 Å². The molecule has 4 rings (SSSR count). The van der Waals surface area contributed by atoms with E-state index >= 15 is 0 Å². The van der Waals surface area contributed by atoms with Gasteiger partial charge in [-0.25, -0.2) is 15.0 Å². The van der Waals surface area contributed by atoms with Crippen LogP contribution in [0.25, 0.3) is 17.0 Å². The fraction of sp³-hybridized carbons (Fsp3) is 0.591. The van der Waals surface area contributed by atoms with Crippen LogP contribution >= 0.6 is 22.6 Å². The Labute approximate surface area is 198 Å². The number of fused-ring (bicyclic) bond motifs is 1. The zero-order chi connectivity index (χ0) is 22.6. The zero-order valence-corrected chi connectivity index (χ0v) is 22.5. The van der Waals surface area contributed by atoms with Gasteiger partial charge in [0, 0.05) is 21.7 Å². The van der Waals surface area contributed by atoms with E-state index < -0.39 is 8.32 Å². The Hall–Kier alpha value is -1.30. The van der Waals surface area contributed by atoms with Gasteiger partial charge in [-0.05, 0) is 44.1 Å². The number of nitrogens with zero attached hydrogens (tertiary/aromatic N) is 5. The summed E-state index contributed by atoms with van der Waals surface area (Å²) >= 11 is 2.49. The summed E-state index contributed by atoms with van der Waals surface area (Å²) in [6.45, 7) is 16.2. The highest BCUT2D eigenvalue weighted by molar-refractivity contribution is 14.1. The number of rotatable bonds is 5. The van der Waals surface area contributed by atoms with Crippen LogP contribution in [0.5, 0.6) is 0 Å². The van der Waals surface area contributed by atoms with Gasteiger partial charge in [-0.3, -0.25) is 4.57 Å². The van der Waals surface area contributed by atoms with E-state index in [1.165, 1.54) is 0 Å². The summed E-state index contributed by atoms with van der Waals surface area (Å²) in [5, 5.41) is 0.189. The van der Waals surface area contributed by atoms with Crippen LogP contribution in [-0.4, -0.2) is 49.0 Å². The van der Waals surface area contributed by atoms with E-state index in [0.29, 0.717) is 10.5 Å². The summed E-state index contributed by atoms with van der Waals surface area (Å²) in [5.41, 5.74) is 3.84. The fourth-order valence-electron chi connectivity index (χ4n) is 3.73. The van der Waals surface area contributed by atoms with Gasteiger partial charge in [0.05, 0.1) is 19.0 Å². The summed E-state index contributed by atoms with van der Waals surface area (Å²) < 4.78 is 17.5. The average molecular weight is 554 g/mol. The first-order valence-electron chi connectivity index (χ1n) is 10.8. The molecule has 3 atom stereocenters. The van der Waals surface area contributed by atoms with E-state index in [-0.39, 0.29) is 17.4 Å². The van der Waals surface area contributed by atoms with E-state index in [1.54, 1.807) is 6.33 Å². The molecule has 7 nitrogen and oxygen atoms in total. The van der Waals surface area contributed by atoms with Crippen molar-refractivity contribution in [3.05, 3.63) is 36.2 Å². The lowest BCUT2D eigenvalue weighted by atomic mass is 10.2. The predicted octanol–water partition coefficient (Wildman–Crippen LogP) is 5.35. The van der Waals surface area contributed by atoms with Gasteiger partial charge in [0.2, 0.25) is 0 Å². The second-order valence-electron chi connectivity index (χ2n) is 9.93. The highest BCUT2D eigenvalue weighted by Gasteiger charge is 2.41. The Morgan fingerprint density at radius 3 is 2.48 bits per heavy atom. The number of hydrogen-bond donors (Lipinski definition) is 0. The minimum absolute atomic E-state index is 0.0624. The average Bonchev–Trinajstić information content (AvgIpc) is 3.36. The Morgan fingerprint density at radius 2 is 1.84 bits per heavy atom. The lowest BCUT2D eigenvalue weighted by Gasteiger charge is -2.37. The van der Waals surface area contributed by atoms with Crippen molar-refractivity contribution in [1.29, 1.82) is 0 Å². The zero-order valence-electron chi connectivity index (χ0n) is 19.4. The minimum Gasteiger partial charge on any atom is -0.414 e. The molecule has 3 aromatic rings. The van der Waals surface area contributed by atoms with E-state index in [0.717, 1.165) is 34.8 Å². The summed E-state index contributed by atoms with van der Waals surface area (Å²) in [7, 11) is -1.81. The molecule has 1 aliphatic heterocycles. The maximum atomic E-state index is 6.46. The van der Waals surface area contributed by atoms with Crippen LogP contribution in [0.2, 0.25) is 18.1 Å². The van der Waals surface area contributed by atoms with Crippen molar-refractivity contribution in [1.82, 2.24) is 24.1 Å². The quantitative estimate of drug-likeness (QED) is 0.242. The molecule has 3 aromatic heterocycles. The van der Waals surface area contributed by atoms with Crippen molar-refractivity contribution in [2.24, 2.45) is 0 Å². The molecule has 0 N–H and O–H groups in total. The van der Waals surface area contributed by atoms with Crippen molar-refractivity contribution < 1.29 is 9.16 Å². The lowest BCUT2D eigenvalue weighted by molar-refractivity contribution is -0.0167. The molecule has 1 aliphatic rings. The molecule has 168 valence electrons. The Kier molecular flexibility index (Phi) is 6.08. The van der Waals surface area contributed by atoms with Gasteiger partial charge in [-0.1, -0.05) is 43.4 Å². The first-order chi connectivity index (χ1) is 14.5. The molecule has 4 heterocycles. The lowest BCUT2D eigenvalue weighted by Crippen LogP contribution is -2.43. The SMILES string of the molecule is Cc1ccc(C)n1-c1ncnc2c1ncn2[C@H]1C[C@@H](I)[C@@H](CO[Si](C)(C)C(C)(C)C)O1. The fourth-order valence-corrected chi connectivity index (χ4v) is 5.56. The predicted molar refractivity (Wildman–Crippen MR) is 134 cm³/mol. The summed E-state index contributed by atoms with van der Waals surface area (Å²) in [5.74, 6) is 0.811. The maximum absolute atomic E-state index is 6.46. The Balaban J connectivity index is 1.57. The van der Waals surface area contributed by atoms with E-state index in [2.05, 4.69) is 102 Å². The van der Waals surface area contributed by atoms with Gasteiger partial charge in [0.1, 0.15) is 12.6 Å². The number of alkyl halides is 1. The van der Waals surface area contributed by atoms with Crippen LogP contribution in [0.3, 0.4) is 0 Å². The molecular weight excluding hydrogens is 521 g/mol. The normalized spacial score (nSPS) is 22.5. The molecule has 31 heavy (non-hydrogen) atoms. The maximum Gasteiger partial charge on any atom is 0.192 e. The molecule has 0 aromatic carbocycles. The number of ether oxygens (including phenoxy) is 1. The minimum atomic E-state index is -1.81. The standard InChI is InChI=1S/C22H32IN5O2Si/c1-14-8-9-15(2)28(14)21-19-20(24-12-25-21)27(13-26-19)18-10-16(23)17(30-18)11-29-31(6,7)22(3,4)5/h8-9,12-13,16-18H,10-11H2,1-7H3/t16-,17-,18-/m1/s1. The van der Waals surface area contributed by atoms with Crippen LogP contribution in [0, 0.1) is 13.8 Å². The van der Waals surface area contributed by atoms with Crippen LogP contribution in [0.4, 0.5) is 0 Å². The topological polar surface area (TPSA) is 67.0 Å². The number of halogens is 1. The monoisotopic (exact) mass is 553 g/mol. The Morgan fingerprint density at radius 1 is 1.16 bits per heavy atom. The van der Waals surface area contributed by atoms with Gasteiger partial charge in [-0.15, -0.1) is 0 Å². The number of aryl methyl sites for hydroxylation is 2. The van der Waals surface area contributed by atoms with Gasteiger partial charge in [0.25, 0.3) is 0 Å². The van der Waals surface area contributed by atoms with E-state index in [9.17, 15) is 0 Å². The molecule has 0 unspecified atom stereocenters. The van der Waals surface area contributed by atoms with Crippen LogP contribution in [-0.2, 0) is 9.16 Å². The van der Waals surface area contributed by atoms with Crippen LogP contribution in [0.1, 0.15) is 44.8 Å². The molecule has 9 heteroatoms. The summed E-state index contributed by atoms with van der Waals surface area (Å²) in [6.07, 6.45) is 4.31. The van der Waals surface area contributed by atoms with Crippen LogP contribution in [0.15, 0.2) is 24.8 Å². The molecule has 0 amide bonds. The number of imidazole rings is 1. The molecule has 1 saturated heterocycles. The van der Waals surface area contributed by atoms with Crippen LogP contribution < -0.4 is 0 Å². The highest BCUT2D eigenvalue weighted by Crippen LogP contribution is 2.39. The molecule has 0 aliphatic carbocycles. The first-order valence-corrected chi connectivity index (χ1v) is 14.9. The summed E-state index contributed by atoms with van der Waals surface area (Å²) in [4.78, 5) is 13.8. The third-order valence-electron chi connectivity index (χ3n) is 6.71. The molecule has 0 spiro atoms. The number of hydrogen-bond acceptors (Lipinski definition) is 5. The Bertz CT molecular complexity index is 1070. The third kappa shape index (κ3) is 4.21. The molecule has 1 fully saturated rings. The van der Waals surface area contributed by atoms with Crippen molar-refractivity contribution >= 4 is 42.1 Å². The van der Waals surface area contributed by atoms with E-state index in [1.807, 2.05) is 10.9 Å².